The van der Waals surface area contributed by atoms with E-state index in [1.54, 1.807) is 0 Å². The van der Waals surface area contributed by atoms with Gasteiger partial charge in [-0.3, -0.25) is 4.98 Å². The van der Waals surface area contributed by atoms with E-state index in [4.69, 9.17) is 0 Å². The Balaban J connectivity index is 1.95. The third-order valence-corrected chi connectivity index (χ3v) is 8.34. The second-order valence-electron chi connectivity index (χ2n) is 8.37. The van der Waals surface area contributed by atoms with Crippen molar-refractivity contribution in [2.45, 2.75) is 39.4 Å². The zero-order valence-corrected chi connectivity index (χ0v) is 17.9. The molecule has 0 bridgehead atoms. The first kappa shape index (κ1) is 17.4. The number of aromatic nitrogens is 1. The molecule has 132 valence electrons. The van der Waals surface area contributed by atoms with Crippen LogP contribution in [0.4, 0.5) is 0 Å². The molecule has 0 aliphatic carbocycles. The van der Waals surface area contributed by atoms with Gasteiger partial charge in [0.2, 0.25) is 0 Å². The zero-order chi connectivity index (χ0) is 18.5. The summed E-state index contributed by atoms with van der Waals surface area (Å²) in [6, 6.07) is 18.1. The number of hydrogen-bond donors (Lipinski definition) is 0. The maximum atomic E-state index is 4.68. The number of rotatable bonds is 3. The Kier molecular flexibility index (Phi) is 4.24. The molecule has 2 aromatic heterocycles. The van der Waals surface area contributed by atoms with Crippen LogP contribution in [0.5, 0.6) is 0 Å². The Morgan fingerprint density at radius 3 is 2.46 bits per heavy atom. The van der Waals surface area contributed by atoms with Gasteiger partial charge in [-0.15, -0.1) is 11.3 Å². The minimum absolute atomic E-state index is 0.512. The smallest absolute Gasteiger partial charge is 0.0776 e. The topological polar surface area (TPSA) is 12.9 Å². The first-order valence-corrected chi connectivity index (χ1v) is 13.6. The van der Waals surface area contributed by atoms with Gasteiger partial charge in [0.05, 0.1) is 13.8 Å². The van der Waals surface area contributed by atoms with E-state index in [1.165, 1.54) is 36.5 Å². The van der Waals surface area contributed by atoms with Crippen molar-refractivity contribution < 1.29 is 0 Å². The lowest BCUT2D eigenvalue weighted by molar-refractivity contribution is 0.864. The maximum absolute atomic E-state index is 4.68. The van der Waals surface area contributed by atoms with Crippen LogP contribution in [-0.4, -0.2) is 13.1 Å². The quantitative estimate of drug-likeness (QED) is 0.359. The third kappa shape index (κ3) is 2.99. The van der Waals surface area contributed by atoms with Crippen LogP contribution < -0.4 is 5.19 Å². The van der Waals surface area contributed by atoms with E-state index >= 15 is 0 Å². The van der Waals surface area contributed by atoms with E-state index in [-0.39, 0.29) is 0 Å². The lowest BCUT2D eigenvalue weighted by Gasteiger charge is -2.16. The predicted octanol–water partition coefficient (Wildman–Crippen LogP) is 6.79. The van der Waals surface area contributed by atoms with Crippen molar-refractivity contribution in [3.8, 4) is 11.3 Å². The molecule has 0 radical (unpaired) electrons. The fourth-order valence-electron chi connectivity index (χ4n) is 3.42. The number of pyridine rings is 1. The highest BCUT2D eigenvalue weighted by molar-refractivity contribution is 7.26. The van der Waals surface area contributed by atoms with E-state index in [2.05, 4.69) is 87.0 Å². The monoisotopic (exact) mass is 375 g/mol. The van der Waals surface area contributed by atoms with Crippen LogP contribution in [0.2, 0.25) is 19.6 Å². The SMILES string of the molecule is CC(C)c1ccnc(-c2cccc3c2sc2cc([Si](C)(C)C)ccc23)c1. The van der Waals surface area contributed by atoms with Gasteiger partial charge in [0.15, 0.2) is 0 Å². The molecule has 0 aliphatic heterocycles. The number of benzene rings is 2. The summed E-state index contributed by atoms with van der Waals surface area (Å²) < 4.78 is 2.75. The van der Waals surface area contributed by atoms with Crippen molar-refractivity contribution in [2.75, 3.05) is 0 Å². The number of hydrogen-bond acceptors (Lipinski definition) is 2. The van der Waals surface area contributed by atoms with Crippen LogP contribution in [0.15, 0.2) is 54.7 Å². The summed E-state index contributed by atoms with van der Waals surface area (Å²) in [5, 5.41) is 4.24. The molecule has 0 amide bonds. The van der Waals surface area contributed by atoms with Gasteiger partial charge in [-0.2, -0.15) is 0 Å². The van der Waals surface area contributed by atoms with E-state index in [1.807, 2.05) is 17.5 Å². The summed E-state index contributed by atoms with van der Waals surface area (Å²) in [4.78, 5) is 4.68. The van der Waals surface area contributed by atoms with Gasteiger partial charge in [0.1, 0.15) is 0 Å². The minimum atomic E-state index is -1.30. The summed E-state index contributed by atoms with van der Waals surface area (Å²) in [5.74, 6) is 0.512. The molecule has 0 spiro atoms. The predicted molar refractivity (Wildman–Crippen MR) is 120 cm³/mol. The fraction of sp³-hybridized carbons (Fsp3) is 0.261. The molecule has 0 unspecified atom stereocenters. The van der Waals surface area contributed by atoms with Crippen LogP contribution in [0, 0.1) is 0 Å². The molecule has 0 saturated heterocycles. The van der Waals surface area contributed by atoms with E-state index in [9.17, 15) is 0 Å². The molecule has 0 aliphatic rings. The number of thiophene rings is 1. The molecule has 1 nitrogen and oxygen atoms in total. The van der Waals surface area contributed by atoms with Crippen LogP contribution in [0.3, 0.4) is 0 Å². The average Bonchev–Trinajstić information content (AvgIpc) is 2.99. The highest BCUT2D eigenvalue weighted by atomic mass is 32.1. The number of nitrogens with zero attached hydrogens (tertiary/aromatic N) is 1. The van der Waals surface area contributed by atoms with Gasteiger partial charge in [-0.1, -0.05) is 69.0 Å². The molecule has 2 heterocycles. The van der Waals surface area contributed by atoms with Crippen LogP contribution in [0.1, 0.15) is 25.3 Å². The third-order valence-electron chi connectivity index (χ3n) is 5.09. The molecule has 0 atom stereocenters. The van der Waals surface area contributed by atoms with Crippen molar-refractivity contribution in [1.82, 2.24) is 4.98 Å². The van der Waals surface area contributed by atoms with Crippen molar-refractivity contribution in [3.63, 3.8) is 0 Å². The van der Waals surface area contributed by atoms with Crippen molar-refractivity contribution in [2.24, 2.45) is 0 Å². The second-order valence-corrected chi connectivity index (χ2v) is 14.5. The Morgan fingerprint density at radius 2 is 1.73 bits per heavy atom. The fourth-order valence-corrected chi connectivity index (χ4v) is 5.95. The van der Waals surface area contributed by atoms with Gasteiger partial charge >= 0.3 is 0 Å². The lowest BCUT2D eigenvalue weighted by Crippen LogP contribution is -2.37. The minimum Gasteiger partial charge on any atom is -0.256 e. The average molecular weight is 376 g/mol. The molecule has 3 heteroatoms. The maximum Gasteiger partial charge on any atom is 0.0776 e. The molecule has 0 N–H and O–H groups in total. The molecule has 2 aromatic carbocycles. The largest absolute Gasteiger partial charge is 0.256 e. The van der Waals surface area contributed by atoms with Gasteiger partial charge in [0.25, 0.3) is 0 Å². The van der Waals surface area contributed by atoms with Gasteiger partial charge < -0.3 is 0 Å². The summed E-state index contributed by atoms with van der Waals surface area (Å²) in [7, 11) is -1.30. The Labute approximate surface area is 160 Å². The van der Waals surface area contributed by atoms with Gasteiger partial charge in [0, 0.05) is 31.9 Å². The van der Waals surface area contributed by atoms with E-state index < -0.39 is 8.07 Å². The molecule has 4 aromatic rings. The van der Waals surface area contributed by atoms with Crippen LogP contribution in [-0.2, 0) is 0 Å². The van der Waals surface area contributed by atoms with Gasteiger partial charge in [-0.05, 0) is 29.7 Å². The molecule has 26 heavy (non-hydrogen) atoms. The first-order valence-electron chi connectivity index (χ1n) is 9.26. The summed E-state index contributed by atoms with van der Waals surface area (Å²) in [5.41, 5.74) is 3.67. The molecule has 0 fully saturated rings. The normalized spacial score (nSPS) is 12.4. The van der Waals surface area contributed by atoms with Gasteiger partial charge in [-0.25, -0.2) is 0 Å². The second kappa shape index (κ2) is 6.33. The zero-order valence-electron chi connectivity index (χ0n) is 16.1. The molecule has 0 saturated carbocycles. The summed E-state index contributed by atoms with van der Waals surface area (Å²) in [6.45, 7) is 11.7. The lowest BCUT2D eigenvalue weighted by atomic mass is 10.0. The van der Waals surface area contributed by atoms with E-state index in [0.717, 1.165) is 5.69 Å². The Hall–Kier alpha value is -1.97. The van der Waals surface area contributed by atoms with Crippen LogP contribution in [0.25, 0.3) is 31.4 Å². The number of fused-ring (bicyclic) bond motifs is 3. The Morgan fingerprint density at radius 1 is 0.923 bits per heavy atom. The summed E-state index contributed by atoms with van der Waals surface area (Å²) in [6.07, 6.45) is 1.94. The first-order chi connectivity index (χ1) is 12.3. The van der Waals surface area contributed by atoms with Crippen LogP contribution >= 0.6 is 11.3 Å². The summed E-state index contributed by atoms with van der Waals surface area (Å²) >= 11 is 1.91. The van der Waals surface area contributed by atoms with Crippen molar-refractivity contribution in [1.29, 1.82) is 0 Å². The highest BCUT2D eigenvalue weighted by Crippen LogP contribution is 2.39. The Bertz CT molecular complexity index is 1100. The molecular formula is C23H25NSSi. The molecular weight excluding hydrogens is 350 g/mol. The highest BCUT2D eigenvalue weighted by Gasteiger charge is 2.18. The van der Waals surface area contributed by atoms with E-state index in [0.29, 0.717) is 5.92 Å². The van der Waals surface area contributed by atoms with Crippen molar-refractivity contribution >= 4 is 44.8 Å². The standard InChI is InChI=1S/C23H25NSSi/c1-15(2)16-11-12-24-21(13-16)20-8-6-7-19-18-10-9-17(26(3,4)5)14-22(18)25-23(19)20/h6-15H,1-5H3. The van der Waals surface area contributed by atoms with Crippen molar-refractivity contribution in [3.05, 3.63) is 60.3 Å². The molecule has 4 rings (SSSR count).